The van der Waals surface area contributed by atoms with Gasteiger partial charge in [-0.2, -0.15) is 0 Å². The number of hydrogen-bond acceptors (Lipinski definition) is 3. The summed E-state index contributed by atoms with van der Waals surface area (Å²) in [6.07, 6.45) is 5.18. The molecule has 2 aromatic rings. The molecule has 0 saturated heterocycles. The molecule has 18 heavy (non-hydrogen) atoms. The highest BCUT2D eigenvalue weighted by molar-refractivity contribution is 5.98. The van der Waals surface area contributed by atoms with Crippen LogP contribution in [0.1, 0.15) is 13.8 Å². The van der Waals surface area contributed by atoms with E-state index in [4.69, 9.17) is 5.73 Å². The largest absolute Gasteiger partial charge is 0.323 e. The van der Waals surface area contributed by atoms with E-state index >= 15 is 0 Å². The molecule has 5 nitrogen and oxygen atoms in total. The van der Waals surface area contributed by atoms with E-state index < -0.39 is 5.54 Å². The van der Waals surface area contributed by atoms with Crippen LogP contribution in [0, 0.1) is 0 Å². The van der Waals surface area contributed by atoms with Gasteiger partial charge in [-0.1, -0.05) is 12.1 Å². The Morgan fingerprint density at radius 1 is 1.39 bits per heavy atom. The summed E-state index contributed by atoms with van der Waals surface area (Å²) in [6.45, 7) is 3.34. The van der Waals surface area contributed by atoms with E-state index in [1.807, 2.05) is 35.0 Å². The van der Waals surface area contributed by atoms with Crippen LogP contribution in [0.3, 0.4) is 0 Å². The first-order valence-corrected chi connectivity index (χ1v) is 5.66. The summed E-state index contributed by atoms with van der Waals surface area (Å²) >= 11 is 0. The van der Waals surface area contributed by atoms with Crippen LogP contribution in [0.15, 0.2) is 43.0 Å². The zero-order chi connectivity index (χ0) is 13.2. The standard InChI is InChI=1S/C13H16N4O/c1-13(2,14)12(18)16-10-5-3-4-6-11(10)17-8-7-15-9-17/h3-9H,14H2,1-2H3,(H,16,18). The molecule has 1 heterocycles. The summed E-state index contributed by atoms with van der Waals surface area (Å²) in [4.78, 5) is 15.9. The number of hydrogen-bond donors (Lipinski definition) is 2. The lowest BCUT2D eigenvalue weighted by Crippen LogP contribution is -2.45. The van der Waals surface area contributed by atoms with Gasteiger partial charge in [0.1, 0.15) is 0 Å². The fraction of sp³-hybridized carbons (Fsp3) is 0.231. The molecule has 3 N–H and O–H groups in total. The van der Waals surface area contributed by atoms with Crippen LogP contribution in [0.4, 0.5) is 5.69 Å². The number of benzene rings is 1. The van der Waals surface area contributed by atoms with Crippen LogP contribution in [0.25, 0.3) is 5.69 Å². The minimum absolute atomic E-state index is 0.227. The predicted molar refractivity (Wildman–Crippen MR) is 70.5 cm³/mol. The Balaban J connectivity index is 2.32. The topological polar surface area (TPSA) is 72.9 Å². The van der Waals surface area contributed by atoms with E-state index in [0.29, 0.717) is 5.69 Å². The van der Waals surface area contributed by atoms with Gasteiger partial charge in [-0.15, -0.1) is 0 Å². The van der Waals surface area contributed by atoms with Crippen molar-refractivity contribution in [3.8, 4) is 5.69 Å². The van der Waals surface area contributed by atoms with Gasteiger partial charge in [0.2, 0.25) is 5.91 Å². The maximum Gasteiger partial charge on any atom is 0.243 e. The molecule has 0 aliphatic rings. The molecule has 94 valence electrons. The van der Waals surface area contributed by atoms with Crippen molar-refractivity contribution in [1.82, 2.24) is 9.55 Å². The van der Waals surface area contributed by atoms with Gasteiger partial charge < -0.3 is 15.6 Å². The highest BCUT2D eigenvalue weighted by Gasteiger charge is 2.22. The Hall–Kier alpha value is -2.14. The molecule has 0 unspecified atom stereocenters. The second-order valence-corrected chi connectivity index (χ2v) is 4.66. The van der Waals surface area contributed by atoms with Gasteiger partial charge in [-0.3, -0.25) is 4.79 Å². The summed E-state index contributed by atoms with van der Waals surface area (Å²) in [5.41, 5.74) is 6.41. The second kappa shape index (κ2) is 4.62. The molecule has 0 radical (unpaired) electrons. The Labute approximate surface area is 106 Å². The summed E-state index contributed by atoms with van der Waals surface area (Å²) in [5, 5.41) is 2.83. The summed E-state index contributed by atoms with van der Waals surface area (Å²) in [6, 6.07) is 7.50. The third kappa shape index (κ3) is 2.57. The molecule has 1 aromatic carbocycles. The first-order chi connectivity index (χ1) is 8.48. The van der Waals surface area contributed by atoms with Crippen molar-refractivity contribution < 1.29 is 4.79 Å². The number of carbonyl (C=O) groups excluding carboxylic acids is 1. The van der Waals surface area contributed by atoms with Crippen LogP contribution in [0.5, 0.6) is 0 Å². The van der Waals surface area contributed by atoms with Gasteiger partial charge in [0.05, 0.1) is 23.2 Å². The third-order valence-corrected chi connectivity index (χ3v) is 2.52. The molecular formula is C13H16N4O. The number of aromatic nitrogens is 2. The normalized spacial score (nSPS) is 11.3. The lowest BCUT2D eigenvalue weighted by atomic mass is 10.1. The SMILES string of the molecule is CC(C)(N)C(=O)Nc1ccccc1-n1ccnc1. The van der Waals surface area contributed by atoms with Crippen LogP contribution in [-0.4, -0.2) is 21.0 Å². The van der Waals surface area contributed by atoms with E-state index in [0.717, 1.165) is 5.69 Å². The number of nitrogens with zero attached hydrogens (tertiary/aromatic N) is 2. The number of carbonyl (C=O) groups is 1. The molecule has 2 rings (SSSR count). The van der Waals surface area contributed by atoms with E-state index in [1.54, 1.807) is 26.4 Å². The fourth-order valence-corrected chi connectivity index (χ4v) is 1.49. The Kier molecular flexibility index (Phi) is 3.16. The average Bonchev–Trinajstić information content (AvgIpc) is 2.82. The van der Waals surface area contributed by atoms with Crippen molar-refractivity contribution in [3.05, 3.63) is 43.0 Å². The number of para-hydroxylation sites is 2. The summed E-state index contributed by atoms with van der Waals surface area (Å²) < 4.78 is 1.83. The van der Waals surface area contributed by atoms with E-state index in [1.165, 1.54) is 0 Å². The molecule has 0 saturated carbocycles. The first kappa shape index (κ1) is 12.3. The van der Waals surface area contributed by atoms with Crippen molar-refractivity contribution in [2.24, 2.45) is 5.73 Å². The molecule has 0 spiro atoms. The smallest absolute Gasteiger partial charge is 0.243 e. The predicted octanol–water partition coefficient (Wildman–Crippen LogP) is 1.55. The highest BCUT2D eigenvalue weighted by atomic mass is 16.2. The quantitative estimate of drug-likeness (QED) is 0.860. The van der Waals surface area contributed by atoms with Crippen molar-refractivity contribution in [1.29, 1.82) is 0 Å². The molecule has 0 aliphatic carbocycles. The molecule has 0 aliphatic heterocycles. The van der Waals surface area contributed by atoms with Crippen molar-refractivity contribution in [2.45, 2.75) is 19.4 Å². The summed E-state index contributed by atoms with van der Waals surface area (Å²) in [5.74, 6) is -0.227. The van der Waals surface area contributed by atoms with Gasteiger partial charge in [0, 0.05) is 12.4 Å². The zero-order valence-electron chi connectivity index (χ0n) is 10.4. The highest BCUT2D eigenvalue weighted by Crippen LogP contribution is 2.20. The maximum atomic E-state index is 11.9. The van der Waals surface area contributed by atoms with Gasteiger partial charge in [0.15, 0.2) is 0 Å². The molecule has 0 fully saturated rings. The Bertz CT molecular complexity index is 540. The number of amides is 1. The second-order valence-electron chi connectivity index (χ2n) is 4.66. The zero-order valence-corrected chi connectivity index (χ0v) is 10.4. The van der Waals surface area contributed by atoms with Gasteiger partial charge in [-0.25, -0.2) is 4.98 Å². The first-order valence-electron chi connectivity index (χ1n) is 5.66. The van der Waals surface area contributed by atoms with E-state index in [2.05, 4.69) is 10.3 Å². The third-order valence-electron chi connectivity index (χ3n) is 2.52. The lowest BCUT2D eigenvalue weighted by Gasteiger charge is -2.19. The number of imidazole rings is 1. The molecule has 0 bridgehead atoms. The van der Waals surface area contributed by atoms with Crippen LogP contribution in [0.2, 0.25) is 0 Å². The number of rotatable bonds is 3. The average molecular weight is 244 g/mol. The van der Waals surface area contributed by atoms with Crippen LogP contribution >= 0.6 is 0 Å². The van der Waals surface area contributed by atoms with Crippen molar-refractivity contribution in [2.75, 3.05) is 5.32 Å². The summed E-state index contributed by atoms with van der Waals surface area (Å²) in [7, 11) is 0. The van der Waals surface area contributed by atoms with Gasteiger partial charge >= 0.3 is 0 Å². The van der Waals surface area contributed by atoms with E-state index in [9.17, 15) is 4.79 Å². The Morgan fingerprint density at radius 2 is 2.11 bits per heavy atom. The van der Waals surface area contributed by atoms with Gasteiger partial charge in [-0.05, 0) is 26.0 Å². The minimum atomic E-state index is -0.915. The number of nitrogens with one attached hydrogen (secondary N) is 1. The van der Waals surface area contributed by atoms with Crippen LogP contribution in [-0.2, 0) is 4.79 Å². The maximum absolute atomic E-state index is 11.9. The number of nitrogens with two attached hydrogens (primary N) is 1. The monoisotopic (exact) mass is 244 g/mol. The van der Waals surface area contributed by atoms with Gasteiger partial charge in [0.25, 0.3) is 0 Å². The van der Waals surface area contributed by atoms with Crippen LogP contribution < -0.4 is 11.1 Å². The lowest BCUT2D eigenvalue weighted by molar-refractivity contribution is -0.120. The van der Waals surface area contributed by atoms with Crippen molar-refractivity contribution in [3.63, 3.8) is 0 Å². The molecule has 1 amide bonds. The van der Waals surface area contributed by atoms with Crippen molar-refractivity contribution >= 4 is 11.6 Å². The minimum Gasteiger partial charge on any atom is -0.323 e. The fourth-order valence-electron chi connectivity index (χ4n) is 1.49. The molecule has 0 atom stereocenters. The Morgan fingerprint density at radius 3 is 2.72 bits per heavy atom. The molecular weight excluding hydrogens is 228 g/mol. The van der Waals surface area contributed by atoms with E-state index in [-0.39, 0.29) is 5.91 Å². The molecule has 5 heteroatoms. The number of anilines is 1. The molecule has 1 aromatic heterocycles.